The molecule has 11 heteroatoms. The zero-order valence-corrected chi connectivity index (χ0v) is 16.1. The molecule has 1 heterocycles. The second kappa shape index (κ2) is 10.5. The van der Waals surface area contributed by atoms with E-state index in [1.54, 1.807) is 7.05 Å². The Morgan fingerprint density at radius 1 is 1.29 bits per heavy atom. The Balaban J connectivity index is 0.00000392. The van der Waals surface area contributed by atoms with E-state index >= 15 is 0 Å². The fraction of sp³-hybridized carbons (Fsp3) is 0.529. The molecule has 1 fully saturated rings. The molecular weight excluding hydrogens is 403 g/mol. The number of halogens is 4. The van der Waals surface area contributed by atoms with Gasteiger partial charge in [0.25, 0.3) is 0 Å². The van der Waals surface area contributed by atoms with Crippen molar-refractivity contribution in [1.82, 2.24) is 4.90 Å². The number of ether oxygens (including phenoxy) is 1. The molecule has 0 unspecified atom stereocenters. The minimum absolute atomic E-state index is 0. The van der Waals surface area contributed by atoms with Crippen molar-refractivity contribution in [2.45, 2.75) is 12.6 Å². The second-order valence-corrected chi connectivity index (χ2v) is 6.26. The molecule has 0 spiro atoms. The molecule has 0 aliphatic carbocycles. The SMILES string of the molecule is CN(CCC(=O)O)CC(=O)Nc1cc(C(F)(F)F)ccc1N1CCOCC1.Cl. The van der Waals surface area contributed by atoms with Gasteiger partial charge < -0.3 is 20.1 Å². The van der Waals surface area contributed by atoms with Crippen molar-refractivity contribution in [3.63, 3.8) is 0 Å². The van der Waals surface area contributed by atoms with Crippen LogP contribution >= 0.6 is 12.4 Å². The number of hydrogen-bond donors (Lipinski definition) is 2. The number of alkyl halides is 3. The molecule has 1 aromatic rings. The number of hydrogen-bond acceptors (Lipinski definition) is 5. The van der Waals surface area contributed by atoms with E-state index in [2.05, 4.69) is 5.32 Å². The highest BCUT2D eigenvalue weighted by Gasteiger charge is 2.32. The van der Waals surface area contributed by atoms with E-state index in [4.69, 9.17) is 9.84 Å². The normalized spacial score (nSPS) is 14.5. The number of carbonyl (C=O) groups excluding carboxylic acids is 1. The molecule has 0 saturated carbocycles. The van der Waals surface area contributed by atoms with Crippen LogP contribution in [0.15, 0.2) is 18.2 Å². The monoisotopic (exact) mass is 425 g/mol. The van der Waals surface area contributed by atoms with Gasteiger partial charge in [-0.15, -0.1) is 12.4 Å². The molecule has 1 aliphatic rings. The van der Waals surface area contributed by atoms with Gasteiger partial charge in [-0.2, -0.15) is 13.2 Å². The molecule has 28 heavy (non-hydrogen) atoms. The van der Waals surface area contributed by atoms with E-state index in [1.165, 1.54) is 11.0 Å². The van der Waals surface area contributed by atoms with Gasteiger partial charge in [-0.05, 0) is 25.2 Å². The van der Waals surface area contributed by atoms with Gasteiger partial charge >= 0.3 is 12.1 Å². The quantitative estimate of drug-likeness (QED) is 0.697. The summed E-state index contributed by atoms with van der Waals surface area (Å²) in [4.78, 5) is 26.2. The van der Waals surface area contributed by atoms with Crippen molar-refractivity contribution in [3.05, 3.63) is 23.8 Å². The molecule has 0 aromatic heterocycles. The smallest absolute Gasteiger partial charge is 0.416 e. The Morgan fingerprint density at radius 2 is 1.93 bits per heavy atom. The van der Waals surface area contributed by atoms with Crippen LogP contribution in [0.1, 0.15) is 12.0 Å². The van der Waals surface area contributed by atoms with E-state index in [-0.39, 0.29) is 37.6 Å². The standard InChI is InChI=1S/C17H22F3N3O4.ClH/c1-22(5-4-16(25)26)11-15(24)21-13-10-12(17(18,19)20)2-3-14(13)23-6-8-27-9-7-23;/h2-3,10H,4-9,11H2,1H3,(H,21,24)(H,25,26);1H. The number of carboxylic acids is 1. The van der Waals surface area contributed by atoms with Crippen LogP contribution in [-0.2, 0) is 20.5 Å². The zero-order valence-electron chi connectivity index (χ0n) is 15.3. The molecule has 1 aliphatic heterocycles. The Kier molecular flexibility index (Phi) is 8.99. The van der Waals surface area contributed by atoms with E-state index in [0.29, 0.717) is 32.0 Å². The molecule has 2 rings (SSSR count). The van der Waals surface area contributed by atoms with Crippen molar-refractivity contribution in [2.75, 3.05) is 56.7 Å². The van der Waals surface area contributed by atoms with Crippen LogP contribution < -0.4 is 10.2 Å². The Morgan fingerprint density at radius 3 is 2.50 bits per heavy atom. The topological polar surface area (TPSA) is 82.1 Å². The van der Waals surface area contributed by atoms with Gasteiger partial charge in [-0.3, -0.25) is 14.5 Å². The minimum Gasteiger partial charge on any atom is -0.481 e. The molecule has 1 saturated heterocycles. The van der Waals surface area contributed by atoms with Gasteiger partial charge in [0.05, 0.1) is 43.1 Å². The lowest BCUT2D eigenvalue weighted by atomic mass is 10.1. The first kappa shape index (κ1) is 24.0. The van der Waals surface area contributed by atoms with Crippen molar-refractivity contribution in [2.24, 2.45) is 0 Å². The Labute approximate surface area is 166 Å². The van der Waals surface area contributed by atoms with Crippen LogP contribution in [0.2, 0.25) is 0 Å². The maximum absolute atomic E-state index is 13.1. The summed E-state index contributed by atoms with van der Waals surface area (Å²) in [5.41, 5.74) is -0.287. The van der Waals surface area contributed by atoms with Crippen LogP contribution in [-0.4, -0.2) is 68.3 Å². The van der Waals surface area contributed by atoms with Gasteiger partial charge in [0.15, 0.2) is 0 Å². The maximum atomic E-state index is 13.1. The summed E-state index contributed by atoms with van der Waals surface area (Å²) in [7, 11) is 1.57. The lowest BCUT2D eigenvalue weighted by molar-refractivity contribution is -0.138. The van der Waals surface area contributed by atoms with Crippen molar-refractivity contribution >= 4 is 35.7 Å². The molecule has 0 bridgehead atoms. The molecule has 2 N–H and O–H groups in total. The maximum Gasteiger partial charge on any atom is 0.416 e. The minimum atomic E-state index is -4.53. The second-order valence-electron chi connectivity index (χ2n) is 6.26. The number of carbonyl (C=O) groups is 2. The van der Waals surface area contributed by atoms with E-state index in [0.717, 1.165) is 12.1 Å². The molecule has 1 aromatic carbocycles. The average Bonchev–Trinajstić information content (AvgIpc) is 2.60. The zero-order chi connectivity index (χ0) is 20.0. The number of carboxylic acid groups (broad SMARTS) is 1. The number of rotatable bonds is 7. The number of benzene rings is 1. The summed E-state index contributed by atoms with van der Waals surface area (Å²) in [5.74, 6) is -1.51. The number of morpholine rings is 1. The van der Waals surface area contributed by atoms with Gasteiger partial charge in [-0.1, -0.05) is 0 Å². The number of aliphatic carboxylic acids is 1. The fourth-order valence-electron chi connectivity index (χ4n) is 2.69. The summed E-state index contributed by atoms with van der Waals surface area (Å²) < 4.78 is 44.4. The fourth-order valence-corrected chi connectivity index (χ4v) is 2.69. The van der Waals surface area contributed by atoms with E-state index < -0.39 is 23.6 Å². The third-order valence-corrected chi connectivity index (χ3v) is 4.07. The van der Waals surface area contributed by atoms with E-state index in [1.807, 2.05) is 4.90 Å². The van der Waals surface area contributed by atoms with Gasteiger partial charge in [0.1, 0.15) is 0 Å². The van der Waals surface area contributed by atoms with Crippen LogP contribution in [0.5, 0.6) is 0 Å². The molecule has 7 nitrogen and oxygen atoms in total. The third-order valence-electron chi connectivity index (χ3n) is 4.07. The number of nitrogens with one attached hydrogen (secondary N) is 1. The van der Waals surface area contributed by atoms with Gasteiger partial charge in [-0.25, -0.2) is 0 Å². The van der Waals surface area contributed by atoms with Gasteiger partial charge in [0.2, 0.25) is 5.91 Å². The lowest BCUT2D eigenvalue weighted by Gasteiger charge is -2.31. The number of anilines is 2. The first-order chi connectivity index (χ1) is 12.7. The summed E-state index contributed by atoms with van der Waals surface area (Å²) in [6.45, 7) is 1.94. The van der Waals surface area contributed by atoms with E-state index in [9.17, 15) is 22.8 Å². The predicted molar refractivity (Wildman–Crippen MR) is 100 cm³/mol. The highest BCUT2D eigenvalue weighted by Crippen LogP contribution is 2.35. The van der Waals surface area contributed by atoms with Crippen molar-refractivity contribution < 1.29 is 32.6 Å². The first-order valence-electron chi connectivity index (χ1n) is 8.41. The number of likely N-dealkylation sites (N-methyl/N-ethyl adjacent to an activating group) is 1. The Bertz CT molecular complexity index is 682. The molecule has 158 valence electrons. The van der Waals surface area contributed by atoms with Crippen molar-refractivity contribution in [3.8, 4) is 0 Å². The first-order valence-corrected chi connectivity index (χ1v) is 8.41. The van der Waals surface area contributed by atoms with Crippen LogP contribution in [0.25, 0.3) is 0 Å². The lowest BCUT2D eigenvalue weighted by Crippen LogP contribution is -2.37. The largest absolute Gasteiger partial charge is 0.481 e. The average molecular weight is 426 g/mol. The summed E-state index contributed by atoms with van der Waals surface area (Å²) >= 11 is 0. The number of nitrogens with zero attached hydrogens (tertiary/aromatic N) is 2. The third kappa shape index (κ3) is 7.17. The molecule has 0 atom stereocenters. The Hall–Kier alpha value is -2.04. The van der Waals surface area contributed by atoms with Crippen LogP contribution in [0, 0.1) is 0 Å². The predicted octanol–water partition coefficient (Wildman–Crippen LogP) is 2.31. The molecular formula is C17H23ClF3N3O4. The highest BCUT2D eigenvalue weighted by atomic mass is 35.5. The summed E-state index contributed by atoms with van der Waals surface area (Å²) in [5, 5.41) is 11.2. The summed E-state index contributed by atoms with van der Waals surface area (Å²) in [6, 6.07) is 3.25. The van der Waals surface area contributed by atoms with Crippen LogP contribution in [0.4, 0.5) is 24.5 Å². The van der Waals surface area contributed by atoms with Gasteiger partial charge in [0, 0.05) is 19.6 Å². The summed E-state index contributed by atoms with van der Waals surface area (Å²) in [6.07, 6.45) is -4.66. The number of amides is 1. The molecule has 0 radical (unpaired) electrons. The van der Waals surface area contributed by atoms with Crippen LogP contribution in [0.3, 0.4) is 0 Å². The molecule has 1 amide bonds. The highest BCUT2D eigenvalue weighted by molar-refractivity contribution is 5.95. The van der Waals surface area contributed by atoms with Crippen molar-refractivity contribution in [1.29, 1.82) is 0 Å².